The van der Waals surface area contributed by atoms with Crippen LogP contribution in [0.15, 0.2) is 29.2 Å². The maximum atomic E-state index is 13.7. The van der Waals surface area contributed by atoms with E-state index in [2.05, 4.69) is 4.74 Å². The Hall–Kier alpha value is -2.00. The Labute approximate surface area is 132 Å². The van der Waals surface area contributed by atoms with Gasteiger partial charge < -0.3 is 4.74 Å². The van der Waals surface area contributed by atoms with Gasteiger partial charge in [-0.3, -0.25) is 4.79 Å². The molecule has 1 aromatic rings. The van der Waals surface area contributed by atoms with E-state index in [1.807, 2.05) is 0 Å². The average molecular weight is 342 g/mol. The largest absolute Gasteiger partial charge is 0.439 e. The van der Waals surface area contributed by atoms with Gasteiger partial charge in [-0.25, -0.2) is 22.5 Å². The molecule has 124 valence electrons. The number of sulfonamides is 1. The van der Waals surface area contributed by atoms with E-state index in [1.165, 1.54) is 22.5 Å². The third-order valence-electron chi connectivity index (χ3n) is 4.03. The zero-order valence-electron chi connectivity index (χ0n) is 12.1. The average Bonchev–Trinajstić information content (AvgIpc) is 2.86. The van der Waals surface area contributed by atoms with Crippen molar-refractivity contribution in [3.63, 3.8) is 0 Å². The lowest BCUT2D eigenvalue weighted by Gasteiger charge is -2.33. The van der Waals surface area contributed by atoms with Gasteiger partial charge in [-0.15, -0.1) is 0 Å². The number of hydrogen-bond acceptors (Lipinski definition) is 5. The number of hydrogen-bond donors (Lipinski definition) is 0. The van der Waals surface area contributed by atoms with Gasteiger partial charge >= 0.3 is 6.09 Å². The molecular weight excluding hydrogens is 327 g/mol. The van der Waals surface area contributed by atoms with E-state index in [1.54, 1.807) is 0 Å². The lowest BCUT2D eigenvalue weighted by atomic mass is 10.1. The van der Waals surface area contributed by atoms with Gasteiger partial charge in [0.25, 0.3) is 5.91 Å². The van der Waals surface area contributed by atoms with Crippen LogP contribution in [0.1, 0.15) is 12.8 Å². The van der Waals surface area contributed by atoms with Crippen LogP contribution < -0.4 is 0 Å². The van der Waals surface area contributed by atoms with Crippen molar-refractivity contribution in [2.24, 2.45) is 0 Å². The van der Waals surface area contributed by atoms with E-state index in [0.717, 1.165) is 11.0 Å². The lowest BCUT2D eigenvalue weighted by molar-refractivity contribution is -0.127. The van der Waals surface area contributed by atoms with Crippen LogP contribution in [0.2, 0.25) is 0 Å². The van der Waals surface area contributed by atoms with E-state index < -0.39 is 27.8 Å². The molecule has 7 nitrogen and oxygen atoms in total. The van der Waals surface area contributed by atoms with Gasteiger partial charge in [0.15, 0.2) is 6.61 Å². The van der Waals surface area contributed by atoms with Crippen molar-refractivity contribution in [3.05, 3.63) is 30.1 Å². The topological polar surface area (TPSA) is 84.0 Å². The molecule has 1 aromatic carbocycles. The van der Waals surface area contributed by atoms with Gasteiger partial charge in [-0.05, 0) is 25.0 Å². The van der Waals surface area contributed by atoms with E-state index in [0.29, 0.717) is 12.8 Å². The minimum Gasteiger partial charge on any atom is -0.439 e. The summed E-state index contributed by atoms with van der Waals surface area (Å²) in [4.78, 5) is 23.8. The SMILES string of the molecule is O=C1COC(=O)N1C1CCN(S(=O)(=O)c2ccccc2F)CC1. The molecule has 0 atom stereocenters. The maximum absolute atomic E-state index is 13.7. The van der Waals surface area contributed by atoms with E-state index >= 15 is 0 Å². The van der Waals surface area contributed by atoms with Crippen molar-refractivity contribution in [2.45, 2.75) is 23.8 Å². The summed E-state index contributed by atoms with van der Waals surface area (Å²) in [5.41, 5.74) is 0. The van der Waals surface area contributed by atoms with Crippen LogP contribution in [0.3, 0.4) is 0 Å². The Morgan fingerprint density at radius 3 is 2.35 bits per heavy atom. The summed E-state index contributed by atoms with van der Waals surface area (Å²) in [7, 11) is -3.93. The minimum absolute atomic E-state index is 0.110. The summed E-state index contributed by atoms with van der Waals surface area (Å²) in [5, 5.41) is 0. The number of amides is 2. The molecule has 0 bridgehead atoms. The van der Waals surface area contributed by atoms with Crippen LogP contribution in [-0.2, 0) is 19.6 Å². The second-order valence-corrected chi connectivity index (χ2v) is 7.29. The molecule has 2 heterocycles. The Kier molecular flexibility index (Phi) is 4.07. The zero-order chi connectivity index (χ0) is 16.6. The predicted octanol–water partition coefficient (Wildman–Crippen LogP) is 0.958. The van der Waals surface area contributed by atoms with Crippen LogP contribution in [0.4, 0.5) is 9.18 Å². The number of nitrogens with zero attached hydrogens (tertiary/aromatic N) is 2. The van der Waals surface area contributed by atoms with Crippen molar-refractivity contribution < 1.29 is 27.1 Å². The van der Waals surface area contributed by atoms with Gasteiger partial charge in [0.1, 0.15) is 10.7 Å². The van der Waals surface area contributed by atoms with Crippen LogP contribution in [0, 0.1) is 5.82 Å². The van der Waals surface area contributed by atoms with Gasteiger partial charge in [-0.1, -0.05) is 12.1 Å². The van der Waals surface area contributed by atoms with Crippen LogP contribution in [0.5, 0.6) is 0 Å². The van der Waals surface area contributed by atoms with Crippen molar-refractivity contribution in [1.82, 2.24) is 9.21 Å². The van der Waals surface area contributed by atoms with E-state index in [4.69, 9.17) is 0 Å². The molecule has 2 aliphatic rings. The maximum Gasteiger partial charge on any atom is 0.417 e. The Bertz CT molecular complexity index is 727. The molecule has 0 N–H and O–H groups in total. The molecule has 2 saturated heterocycles. The highest BCUT2D eigenvalue weighted by Crippen LogP contribution is 2.26. The summed E-state index contributed by atoms with van der Waals surface area (Å²) in [6.07, 6.45) is -0.0892. The first-order valence-electron chi connectivity index (χ1n) is 7.15. The Balaban J connectivity index is 1.73. The highest BCUT2D eigenvalue weighted by atomic mass is 32.2. The Morgan fingerprint density at radius 2 is 1.78 bits per heavy atom. The van der Waals surface area contributed by atoms with Crippen molar-refractivity contribution >= 4 is 22.0 Å². The molecule has 0 unspecified atom stereocenters. The summed E-state index contributed by atoms with van der Waals surface area (Å²) < 4.78 is 44.5. The van der Waals surface area contributed by atoms with Gasteiger partial charge in [0, 0.05) is 19.1 Å². The first-order chi connectivity index (χ1) is 10.9. The Morgan fingerprint density at radius 1 is 1.13 bits per heavy atom. The molecule has 0 aromatic heterocycles. The number of carbonyl (C=O) groups excluding carboxylic acids is 2. The van der Waals surface area contributed by atoms with Crippen molar-refractivity contribution in [2.75, 3.05) is 19.7 Å². The quantitative estimate of drug-likeness (QED) is 0.817. The first-order valence-corrected chi connectivity index (χ1v) is 8.59. The molecule has 2 fully saturated rings. The van der Waals surface area contributed by atoms with Crippen LogP contribution in [0.25, 0.3) is 0 Å². The lowest BCUT2D eigenvalue weighted by Crippen LogP contribution is -2.48. The monoisotopic (exact) mass is 342 g/mol. The number of cyclic esters (lactones) is 1. The normalized spacial score (nSPS) is 20.8. The fourth-order valence-electron chi connectivity index (χ4n) is 2.85. The van der Waals surface area contributed by atoms with Gasteiger partial charge in [0.05, 0.1) is 0 Å². The predicted molar refractivity (Wildman–Crippen MR) is 76.4 cm³/mol. The molecule has 0 radical (unpaired) electrons. The van der Waals surface area contributed by atoms with Gasteiger partial charge in [0.2, 0.25) is 10.0 Å². The number of rotatable bonds is 3. The second-order valence-electron chi connectivity index (χ2n) is 5.38. The third-order valence-corrected chi connectivity index (χ3v) is 5.96. The number of carbonyl (C=O) groups is 2. The molecule has 0 aliphatic carbocycles. The summed E-state index contributed by atoms with van der Waals surface area (Å²) in [5.74, 6) is -1.21. The molecule has 0 saturated carbocycles. The smallest absolute Gasteiger partial charge is 0.417 e. The standard InChI is InChI=1S/C14H15FN2O5S/c15-11-3-1-2-4-12(11)23(20,21)16-7-5-10(6-8-16)17-13(18)9-22-14(17)19/h1-4,10H,5-9H2. The first kappa shape index (κ1) is 15.9. The fraction of sp³-hybridized carbons (Fsp3) is 0.429. The number of piperidine rings is 1. The minimum atomic E-state index is -3.93. The van der Waals surface area contributed by atoms with Crippen LogP contribution >= 0.6 is 0 Å². The van der Waals surface area contributed by atoms with Crippen molar-refractivity contribution in [1.29, 1.82) is 0 Å². The fourth-order valence-corrected chi connectivity index (χ4v) is 4.39. The number of halogens is 1. The zero-order valence-corrected chi connectivity index (χ0v) is 13.0. The molecule has 3 rings (SSSR count). The molecular formula is C14H15FN2O5S. The van der Waals surface area contributed by atoms with Crippen molar-refractivity contribution in [3.8, 4) is 0 Å². The number of imide groups is 1. The molecule has 23 heavy (non-hydrogen) atoms. The highest BCUT2D eigenvalue weighted by Gasteiger charge is 2.40. The molecule has 9 heteroatoms. The molecule has 2 aliphatic heterocycles. The van der Waals surface area contributed by atoms with E-state index in [-0.39, 0.29) is 30.6 Å². The molecule has 2 amide bonds. The second kappa shape index (κ2) is 5.89. The summed E-state index contributed by atoms with van der Waals surface area (Å²) >= 11 is 0. The van der Waals surface area contributed by atoms with Crippen LogP contribution in [-0.4, -0.2) is 55.4 Å². The number of ether oxygens (including phenoxy) is 1. The third kappa shape index (κ3) is 2.81. The molecule has 0 spiro atoms. The van der Waals surface area contributed by atoms with Gasteiger partial charge in [-0.2, -0.15) is 4.31 Å². The summed E-state index contributed by atoms with van der Waals surface area (Å²) in [6, 6.07) is 4.81. The number of benzene rings is 1. The van der Waals surface area contributed by atoms with E-state index in [9.17, 15) is 22.4 Å². The highest BCUT2D eigenvalue weighted by molar-refractivity contribution is 7.89. The summed E-state index contributed by atoms with van der Waals surface area (Å²) in [6.45, 7) is -0.0522.